The Morgan fingerprint density at radius 2 is 2.17 bits per heavy atom. The van der Waals surface area contributed by atoms with Gasteiger partial charge in [-0.15, -0.1) is 0 Å². The summed E-state index contributed by atoms with van der Waals surface area (Å²) in [7, 11) is 3.45. The summed E-state index contributed by atoms with van der Waals surface area (Å²) in [6.07, 6.45) is 0. The van der Waals surface area contributed by atoms with E-state index in [4.69, 9.17) is 14.2 Å². The molecule has 1 N–H and O–H groups in total. The number of carbonyl (C=O) groups excluding carboxylic acids is 1. The van der Waals surface area contributed by atoms with Crippen molar-refractivity contribution in [3.8, 4) is 11.5 Å². The van der Waals surface area contributed by atoms with Crippen LogP contribution in [-0.2, 0) is 16.1 Å². The topological polar surface area (TPSA) is 56.8 Å². The minimum absolute atomic E-state index is 0.0864. The summed E-state index contributed by atoms with van der Waals surface area (Å²) >= 11 is 0. The summed E-state index contributed by atoms with van der Waals surface area (Å²) in [4.78, 5) is 11.2. The van der Waals surface area contributed by atoms with E-state index in [1.165, 1.54) is 0 Å². The van der Waals surface area contributed by atoms with Gasteiger partial charge in [0.05, 0.1) is 13.7 Å². The maximum atomic E-state index is 11.2. The van der Waals surface area contributed by atoms with Gasteiger partial charge >= 0.3 is 5.97 Å². The Balaban J connectivity index is 2.71. The summed E-state index contributed by atoms with van der Waals surface area (Å²) < 4.78 is 15.4. The molecule has 0 spiro atoms. The Morgan fingerprint density at radius 1 is 1.39 bits per heavy atom. The first kappa shape index (κ1) is 14.3. The summed E-state index contributed by atoms with van der Waals surface area (Å²) in [5, 5.41) is 3.04. The number of benzene rings is 1. The lowest BCUT2D eigenvalue weighted by Crippen LogP contribution is -2.16. The lowest BCUT2D eigenvalue weighted by molar-refractivity contribution is -0.145. The molecule has 0 saturated carbocycles. The van der Waals surface area contributed by atoms with Gasteiger partial charge in [0.15, 0.2) is 6.61 Å². The van der Waals surface area contributed by atoms with E-state index >= 15 is 0 Å². The van der Waals surface area contributed by atoms with Gasteiger partial charge < -0.3 is 19.5 Å². The molecule has 5 nitrogen and oxygen atoms in total. The van der Waals surface area contributed by atoms with E-state index in [-0.39, 0.29) is 12.6 Å². The molecular weight excluding hydrogens is 234 g/mol. The lowest BCUT2D eigenvalue weighted by Gasteiger charge is -2.12. The molecule has 0 aliphatic carbocycles. The van der Waals surface area contributed by atoms with Gasteiger partial charge in [-0.25, -0.2) is 4.79 Å². The first-order chi connectivity index (χ1) is 8.71. The van der Waals surface area contributed by atoms with Crippen molar-refractivity contribution in [3.05, 3.63) is 23.8 Å². The molecule has 0 aliphatic heterocycles. The van der Waals surface area contributed by atoms with E-state index < -0.39 is 0 Å². The molecule has 0 bridgehead atoms. The molecule has 5 heteroatoms. The second-order valence-corrected chi connectivity index (χ2v) is 3.60. The van der Waals surface area contributed by atoms with Gasteiger partial charge in [-0.2, -0.15) is 0 Å². The number of nitrogens with one attached hydrogen (secondary N) is 1. The molecule has 1 aromatic carbocycles. The van der Waals surface area contributed by atoms with Crippen molar-refractivity contribution in [2.24, 2.45) is 0 Å². The monoisotopic (exact) mass is 253 g/mol. The average molecular weight is 253 g/mol. The van der Waals surface area contributed by atoms with Crippen molar-refractivity contribution >= 4 is 5.97 Å². The third-order valence-corrected chi connectivity index (χ3v) is 2.29. The molecule has 1 aromatic rings. The molecule has 0 amide bonds. The Kier molecular flexibility index (Phi) is 6.00. The summed E-state index contributed by atoms with van der Waals surface area (Å²) in [5.74, 6) is 1.03. The van der Waals surface area contributed by atoms with E-state index in [9.17, 15) is 4.79 Å². The first-order valence-corrected chi connectivity index (χ1v) is 5.81. The highest BCUT2D eigenvalue weighted by Gasteiger charge is 2.08. The number of rotatable bonds is 7. The van der Waals surface area contributed by atoms with Crippen LogP contribution in [0.2, 0.25) is 0 Å². The highest BCUT2D eigenvalue weighted by Crippen LogP contribution is 2.24. The van der Waals surface area contributed by atoms with Gasteiger partial charge in [0.1, 0.15) is 11.5 Å². The second-order valence-electron chi connectivity index (χ2n) is 3.60. The molecule has 100 valence electrons. The van der Waals surface area contributed by atoms with Crippen LogP contribution < -0.4 is 14.8 Å². The molecule has 0 heterocycles. The third kappa shape index (κ3) is 4.25. The highest BCUT2D eigenvalue weighted by atomic mass is 16.6. The van der Waals surface area contributed by atoms with Gasteiger partial charge in [-0.3, -0.25) is 0 Å². The molecule has 0 radical (unpaired) electrons. The Bertz CT molecular complexity index is 393. The maximum absolute atomic E-state index is 11.2. The van der Waals surface area contributed by atoms with Crippen LogP contribution >= 0.6 is 0 Å². The highest BCUT2D eigenvalue weighted by molar-refractivity contribution is 5.71. The number of hydrogen-bond donors (Lipinski definition) is 1. The van der Waals surface area contributed by atoms with Gasteiger partial charge in [-0.05, 0) is 32.2 Å². The first-order valence-electron chi connectivity index (χ1n) is 5.81. The number of ether oxygens (including phenoxy) is 3. The van der Waals surface area contributed by atoms with Crippen LogP contribution in [0.1, 0.15) is 12.5 Å². The van der Waals surface area contributed by atoms with Crippen LogP contribution in [0, 0.1) is 0 Å². The zero-order chi connectivity index (χ0) is 13.4. The Morgan fingerprint density at radius 3 is 2.78 bits per heavy atom. The fourth-order valence-corrected chi connectivity index (χ4v) is 1.49. The van der Waals surface area contributed by atoms with Crippen molar-refractivity contribution in [1.29, 1.82) is 0 Å². The Hall–Kier alpha value is -1.75. The average Bonchev–Trinajstić information content (AvgIpc) is 2.38. The van der Waals surface area contributed by atoms with Crippen molar-refractivity contribution in [3.63, 3.8) is 0 Å². The van der Waals surface area contributed by atoms with Crippen LogP contribution in [-0.4, -0.2) is 33.3 Å². The van der Waals surface area contributed by atoms with Crippen molar-refractivity contribution in [1.82, 2.24) is 5.32 Å². The summed E-state index contributed by atoms with van der Waals surface area (Å²) in [6, 6.07) is 5.45. The lowest BCUT2D eigenvalue weighted by atomic mass is 10.2. The normalized spacial score (nSPS) is 9.94. The van der Waals surface area contributed by atoms with E-state index in [2.05, 4.69) is 5.32 Å². The molecule has 1 rings (SSSR count). The number of esters is 1. The molecular formula is C13H19NO4. The van der Waals surface area contributed by atoms with Crippen LogP contribution in [0.25, 0.3) is 0 Å². The fraction of sp³-hybridized carbons (Fsp3) is 0.462. The largest absolute Gasteiger partial charge is 0.497 e. The molecule has 0 unspecified atom stereocenters. The van der Waals surface area contributed by atoms with E-state index in [1.54, 1.807) is 26.2 Å². The molecule has 0 aliphatic rings. The van der Waals surface area contributed by atoms with Gasteiger partial charge in [0.25, 0.3) is 0 Å². The van der Waals surface area contributed by atoms with E-state index in [1.807, 2.05) is 13.1 Å². The number of carbonyl (C=O) groups is 1. The second kappa shape index (κ2) is 7.55. The van der Waals surface area contributed by atoms with Crippen molar-refractivity contribution < 1.29 is 19.0 Å². The maximum Gasteiger partial charge on any atom is 0.344 e. The molecule has 0 atom stereocenters. The quantitative estimate of drug-likeness (QED) is 0.743. The number of methoxy groups -OCH3 is 1. The third-order valence-electron chi connectivity index (χ3n) is 2.29. The van der Waals surface area contributed by atoms with Gasteiger partial charge in [0.2, 0.25) is 0 Å². The number of hydrogen-bond acceptors (Lipinski definition) is 5. The Labute approximate surface area is 107 Å². The van der Waals surface area contributed by atoms with Crippen molar-refractivity contribution in [2.45, 2.75) is 13.5 Å². The van der Waals surface area contributed by atoms with Crippen LogP contribution in [0.15, 0.2) is 18.2 Å². The van der Waals surface area contributed by atoms with Gasteiger partial charge in [0, 0.05) is 12.1 Å². The standard InChI is InChI=1S/C13H19NO4/c1-4-17-13(15)9-18-12-6-5-11(16-3)7-10(12)8-14-2/h5-7,14H,4,8-9H2,1-3H3. The summed E-state index contributed by atoms with van der Waals surface area (Å²) in [5.41, 5.74) is 0.932. The van der Waals surface area contributed by atoms with Crippen LogP contribution in [0.4, 0.5) is 0 Å². The van der Waals surface area contributed by atoms with Gasteiger partial charge in [-0.1, -0.05) is 0 Å². The smallest absolute Gasteiger partial charge is 0.344 e. The predicted octanol–water partition coefficient (Wildman–Crippen LogP) is 1.36. The van der Waals surface area contributed by atoms with Crippen molar-refractivity contribution in [2.75, 3.05) is 27.4 Å². The van der Waals surface area contributed by atoms with Crippen LogP contribution in [0.5, 0.6) is 11.5 Å². The van der Waals surface area contributed by atoms with Crippen LogP contribution in [0.3, 0.4) is 0 Å². The van der Waals surface area contributed by atoms with E-state index in [0.29, 0.717) is 18.9 Å². The minimum Gasteiger partial charge on any atom is -0.497 e. The fourth-order valence-electron chi connectivity index (χ4n) is 1.49. The molecule has 0 fully saturated rings. The zero-order valence-electron chi connectivity index (χ0n) is 11.0. The molecule has 0 aromatic heterocycles. The SMILES string of the molecule is CCOC(=O)COc1ccc(OC)cc1CNC. The van der Waals surface area contributed by atoms with E-state index in [0.717, 1.165) is 11.3 Å². The zero-order valence-corrected chi connectivity index (χ0v) is 11.0. The minimum atomic E-state index is -0.372. The predicted molar refractivity (Wildman–Crippen MR) is 67.9 cm³/mol. The summed E-state index contributed by atoms with van der Waals surface area (Å²) in [6.45, 7) is 2.66. The molecule has 18 heavy (non-hydrogen) atoms. The molecule has 0 saturated heterocycles.